The first-order valence-electron chi connectivity index (χ1n) is 10.5. The summed E-state index contributed by atoms with van der Waals surface area (Å²) in [4.78, 5) is 25.2. The number of allylic oxidation sites excluding steroid dienone is 1. The molecule has 0 spiro atoms. The van der Waals surface area contributed by atoms with E-state index in [4.69, 9.17) is 14.2 Å². The Morgan fingerprint density at radius 1 is 1.03 bits per heavy atom. The third-order valence-corrected chi connectivity index (χ3v) is 5.58. The fourth-order valence-corrected chi connectivity index (χ4v) is 3.95. The van der Waals surface area contributed by atoms with Crippen LogP contribution in [0.15, 0.2) is 78.7 Å². The molecule has 0 N–H and O–H groups in total. The Morgan fingerprint density at radius 3 is 2.61 bits per heavy atom. The zero-order chi connectivity index (χ0) is 22.9. The molecule has 6 heteroatoms. The molecule has 164 valence electrons. The van der Waals surface area contributed by atoms with Crippen molar-refractivity contribution in [2.24, 2.45) is 7.05 Å². The van der Waals surface area contributed by atoms with Gasteiger partial charge in [-0.25, -0.2) is 0 Å². The summed E-state index contributed by atoms with van der Waals surface area (Å²) < 4.78 is 18.6. The average molecular weight is 439 g/mol. The number of aromatic nitrogens is 1. The number of esters is 1. The van der Waals surface area contributed by atoms with Crippen LogP contribution in [-0.2, 0) is 18.3 Å². The fourth-order valence-electron chi connectivity index (χ4n) is 3.95. The second-order valence-electron chi connectivity index (χ2n) is 7.81. The summed E-state index contributed by atoms with van der Waals surface area (Å²) in [5, 5.41) is 0.951. The van der Waals surface area contributed by atoms with E-state index in [1.165, 1.54) is 0 Å². The van der Waals surface area contributed by atoms with Crippen molar-refractivity contribution < 1.29 is 23.8 Å². The lowest BCUT2D eigenvalue weighted by atomic mass is 10.1. The van der Waals surface area contributed by atoms with E-state index in [1.807, 2.05) is 66.3 Å². The summed E-state index contributed by atoms with van der Waals surface area (Å²) >= 11 is 0. The highest BCUT2D eigenvalue weighted by atomic mass is 16.5. The van der Waals surface area contributed by atoms with Crippen LogP contribution in [0.5, 0.6) is 17.2 Å². The molecule has 5 rings (SSSR count). The summed E-state index contributed by atoms with van der Waals surface area (Å²) in [5.41, 5.74) is 3.16. The van der Waals surface area contributed by atoms with Gasteiger partial charge in [0.1, 0.15) is 17.2 Å². The van der Waals surface area contributed by atoms with Crippen LogP contribution in [0, 0.1) is 0 Å². The van der Waals surface area contributed by atoms with Crippen molar-refractivity contribution in [1.29, 1.82) is 0 Å². The Kier molecular flexibility index (Phi) is 5.18. The van der Waals surface area contributed by atoms with E-state index in [0.29, 0.717) is 17.1 Å². The van der Waals surface area contributed by atoms with Crippen LogP contribution in [-0.4, -0.2) is 23.4 Å². The van der Waals surface area contributed by atoms with Crippen LogP contribution in [0.4, 0.5) is 0 Å². The molecule has 2 heterocycles. The Balaban J connectivity index is 1.38. The molecule has 4 aromatic rings. The maximum Gasteiger partial charge on any atom is 0.315 e. The molecular formula is C27H21NO5. The number of aryl methyl sites for hydroxylation is 1. The van der Waals surface area contributed by atoms with Crippen molar-refractivity contribution in [2.75, 3.05) is 7.11 Å². The molecule has 33 heavy (non-hydrogen) atoms. The monoisotopic (exact) mass is 439 g/mol. The van der Waals surface area contributed by atoms with Gasteiger partial charge in [0.2, 0.25) is 5.78 Å². The van der Waals surface area contributed by atoms with Gasteiger partial charge < -0.3 is 18.8 Å². The smallest absolute Gasteiger partial charge is 0.315 e. The minimum Gasteiger partial charge on any atom is -0.497 e. The number of carbonyl (C=O) groups is 2. The van der Waals surface area contributed by atoms with Crippen LogP contribution < -0.4 is 14.2 Å². The van der Waals surface area contributed by atoms with Crippen molar-refractivity contribution >= 4 is 28.7 Å². The van der Waals surface area contributed by atoms with E-state index < -0.39 is 0 Å². The van der Waals surface area contributed by atoms with E-state index in [2.05, 4.69) is 0 Å². The van der Waals surface area contributed by atoms with E-state index in [0.717, 1.165) is 27.8 Å². The highest BCUT2D eigenvalue weighted by molar-refractivity contribution is 6.15. The zero-order valence-electron chi connectivity index (χ0n) is 18.2. The van der Waals surface area contributed by atoms with Gasteiger partial charge in [0.15, 0.2) is 5.76 Å². The van der Waals surface area contributed by atoms with Gasteiger partial charge >= 0.3 is 5.97 Å². The molecule has 0 saturated heterocycles. The van der Waals surface area contributed by atoms with Crippen LogP contribution in [0.3, 0.4) is 0 Å². The largest absolute Gasteiger partial charge is 0.497 e. The van der Waals surface area contributed by atoms with Crippen molar-refractivity contribution in [1.82, 2.24) is 4.57 Å². The van der Waals surface area contributed by atoms with Gasteiger partial charge in [-0.15, -0.1) is 0 Å². The van der Waals surface area contributed by atoms with Crippen LogP contribution in [0.2, 0.25) is 0 Å². The molecule has 0 saturated carbocycles. The van der Waals surface area contributed by atoms with Crippen LogP contribution >= 0.6 is 0 Å². The minimum atomic E-state index is -0.383. The lowest BCUT2D eigenvalue weighted by Gasteiger charge is -2.06. The van der Waals surface area contributed by atoms with E-state index in [-0.39, 0.29) is 23.9 Å². The number of ether oxygens (including phenoxy) is 3. The average Bonchev–Trinajstić information content (AvgIpc) is 3.30. The summed E-state index contributed by atoms with van der Waals surface area (Å²) in [6.07, 6.45) is 3.83. The van der Waals surface area contributed by atoms with E-state index in [9.17, 15) is 9.59 Å². The lowest BCUT2D eigenvalue weighted by Crippen LogP contribution is -2.11. The summed E-state index contributed by atoms with van der Waals surface area (Å²) in [6.45, 7) is 0. The van der Waals surface area contributed by atoms with Gasteiger partial charge in [-0.3, -0.25) is 9.59 Å². The first-order valence-corrected chi connectivity index (χ1v) is 10.5. The maximum atomic E-state index is 12.9. The molecule has 0 unspecified atom stereocenters. The number of hydrogen-bond acceptors (Lipinski definition) is 5. The Labute approximate surface area is 190 Å². The molecule has 0 fully saturated rings. The van der Waals surface area contributed by atoms with Crippen molar-refractivity contribution in [2.45, 2.75) is 6.42 Å². The quantitative estimate of drug-likeness (QED) is 0.250. The summed E-state index contributed by atoms with van der Waals surface area (Å²) in [5.74, 6) is 1.05. The molecule has 0 amide bonds. The predicted molar refractivity (Wildman–Crippen MR) is 125 cm³/mol. The van der Waals surface area contributed by atoms with Gasteiger partial charge in [0.05, 0.1) is 19.1 Å². The molecule has 1 aromatic heterocycles. The zero-order valence-corrected chi connectivity index (χ0v) is 18.2. The number of carbonyl (C=O) groups excluding carboxylic acids is 2. The van der Waals surface area contributed by atoms with Crippen LogP contribution in [0.1, 0.15) is 21.5 Å². The molecule has 0 radical (unpaired) electrons. The normalized spacial score (nSPS) is 13.8. The van der Waals surface area contributed by atoms with Crippen molar-refractivity contribution in [3.63, 3.8) is 0 Å². The number of ketones is 1. The second kappa shape index (κ2) is 8.31. The van der Waals surface area contributed by atoms with E-state index in [1.54, 1.807) is 31.4 Å². The molecule has 0 bridgehead atoms. The Morgan fingerprint density at radius 2 is 1.82 bits per heavy atom. The van der Waals surface area contributed by atoms with Crippen molar-refractivity contribution in [3.8, 4) is 17.2 Å². The standard InChI is InChI=1S/C27H21NO5/c1-28-16-18(22-14-19(31-2)9-11-23(22)28)13-25-27(30)21-10-8-20(15-24(21)33-25)32-26(29)12-17-6-4-3-5-7-17/h3-11,13-16H,12H2,1-2H3/b25-13-. The molecule has 3 aromatic carbocycles. The molecule has 6 nitrogen and oxygen atoms in total. The molecule has 0 atom stereocenters. The van der Waals surface area contributed by atoms with E-state index >= 15 is 0 Å². The van der Waals surface area contributed by atoms with Crippen LogP contribution in [0.25, 0.3) is 17.0 Å². The van der Waals surface area contributed by atoms with Gasteiger partial charge in [-0.2, -0.15) is 0 Å². The number of hydrogen-bond donors (Lipinski definition) is 0. The topological polar surface area (TPSA) is 66.8 Å². The van der Waals surface area contributed by atoms with Crippen molar-refractivity contribution in [3.05, 3.63) is 95.4 Å². The lowest BCUT2D eigenvalue weighted by molar-refractivity contribution is -0.133. The molecule has 0 aliphatic carbocycles. The van der Waals surface area contributed by atoms with Gasteiger partial charge in [-0.1, -0.05) is 30.3 Å². The first kappa shape index (κ1) is 20.6. The highest BCUT2D eigenvalue weighted by Crippen LogP contribution is 2.36. The number of Topliss-reactive ketones (excluding diaryl/α,β-unsaturated/α-hetero) is 1. The van der Waals surface area contributed by atoms with Gasteiger partial charge in [0, 0.05) is 35.8 Å². The minimum absolute atomic E-state index is 0.160. The predicted octanol–water partition coefficient (Wildman–Crippen LogP) is 4.95. The summed E-state index contributed by atoms with van der Waals surface area (Å²) in [6, 6.07) is 20.0. The first-order chi connectivity index (χ1) is 16.0. The summed E-state index contributed by atoms with van der Waals surface area (Å²) in [7, 11) is 3.56. The Hall–Kier alpha value is -4.32. The number of benzene rings is 3. The molecular weight excluding hydrogens is 418 g/mol. The third-order valence-electron chi connectivity index (χ3n) is 5.58. The third kappa shape index (κ3) is 3.99. The van der Waals surface area contributed by atoms with Gasteiger partial charge in [0.25, 0.3) is 0 Å². The maximum absolute atomic E-state index is 12.9. The molecule has 1 aliphatic rings. The number of methoxy groups -OCH3 is 1. The van der Waals surface area contributed by atoms with Gasteiger partial charge in [-0.05, 0) is 42.0 Å². The second-order valence-corrected chi connectivity index (χ2v) is 7.81. The number of nitrogens with zero attached hydrogens (tertiary/aromatic N) is 1. The number of rotatable bonds is 5. The highest BCUT2D eigenvalue weighted by Gasteiger charge is 2.28. The Bertz CT molecular complexity index is 1420. The molecule has 1 aliphatic heterocycles. The SMILES string of the molecule is COc1ccc2c(c1)c(/C=C1\Oc3cc(OC(=O)Cc4ccccc4)ccc3C1=O)cn2C. The fraction of sp³-hybridized carbons (Fsp3) is 0.111. The number of fused-ring (bicyclic) bond motifs is 2.